The van der Waals surface area contributed by atoms with Gasteiger partial charge in [0.05, 0.1) is 0 Å². The summed E-state index contributed by atoms with van der Waals surface area (Å²) in [6.45, 7) is 3.54. The van der Waals surface area contributed by atoms with Crippen LogP contribution in [0, 0.1) is 0 Å². The molecule has 0 aliphatic carbocycles. The fraction of sp³-hybridized carbons (Fsp3) is 0.100. The number of hydrogen-bond acceptors (Lipinski definition) is 2. The average Bonchev–Trinajstić information content (AvgIpc) is 2.17. The van der Waals surface area contributed by atoms with Gasteiger partial charge in [0.1, 0.15) is 0 Å². The SMILES string of the molecule is C=Cc1ccc(NC(=O)C(F)(F)S)cc1. The fourth-order valence-corrected chi connectivity index (χ4v) is 0.965. The summed E-state index contributed by atoms with van der Waals surface area (Å²) < 4.78 is 24.8. The Kier molecular flexibility index (Phi) is 3.47. The van der Waals surface area contributed by atoms with E-state index in [0.29, 0.717) is 5.69 Å². The smallest absolute Gasteiger partial charge is 0.320 e. The van der Waals surface area contributed by atoms with Gasteiger partial charge in [0, 0.05) is 5.69 Å². The number of amides is 1. The monoisotopic (exact) mass is 229 g/mol. The van der Waals surface area contributed by atoms with Crippen molar-refractivity contribution in [2.75, 3.05) is 5.32 Å². The van der Waals surface area contributed by atoms with E-state index in [1.54, 1.807) is 18.2 Å². The maximum atomic E-state index is 12.4. The van der Waals surface area contributed by atoms with Gasteiger partial charge in [-0.1, -0.05) is 37.4 Å². The van der Waals surface area contributed by atoms with E-state index in [0.717, 1.165) is 5.56 Å². The molecule has 0 saturated carbocycles. The molecule has 1 amide bonds. The van der Waals surface area contributed by atoms with E-state index in [1.807, 2.05) is 5.32 Å². The second kappa shape index (κ2) is 4.44. The van der Waals surface area contributed by atoms with E-state index < -0.39 is 11.2 Å². The van der Waals surface area contributed by atoms with Gasteiger partial charge >= 0.3 is 11.2 Å². The molecule has 0 heterocycles. The lowest BCUT2D eigenvalue weighted by atomic mass is 10.2. The second-order valence-corrected chi connectivity index (χ2v) is 3.38. The van der Waals surface area contributed by atoms with Crippen LogP contribution in [0.3, 0.4) is 0 Å². The highest BCUT2D eigenvalue weighted by atomic mass is 32.1. The minimum atomic E-state index is -3.67. The molecule has 0 unspecified atom stereocenters. The number of nitrogens with one attached hydrogen (secondary N) is 1. The molecule has 5 heteroatoms. The number of alkyl halides is 2. The zero-order valence-electron chi connectivity index (χ0n) is 7.71. The standard InChI is InChI=1S/C10H9F2NOS/c1-2-7-3-5-8(6-4-7)13-9(14)10(11,12)15/h2-6,15H,1H2,(H,13,14). The van der Waals surface area contributed by atoms with Gasteiger partial charge in [-0.05, 0) is 17.7 Å². The number of carbonyl (C=O) groups excluding carboxylic acids is 1. The summed E-state index contributed by atoms with van der Waals surface area (Å²) in [7, 11) is 0. The first-order valence-electron chi connectivity index (χ1n) is 4.07. The number of rotatable bonds is 3. The van der Waals surface area contributed by atoms with Gasteiger partial charge in [-0.15, -0.1) is 0 Å². The minimum absolute atomic E-state index is 0.291. The summed E-state index contributed by atoms with van der Waals surface area (Å²) >= 11 is 2.86. The van der Waals surface area contributed by atoms with E-state index in [2.05, 4.69) is 19.2 Å². The minimum Gasteiger partial charge on any atom is -0.320 e. The van der Waals surface area contributed by atoms with Gasteiger partial charge in [0.15, 0.2) is 0 Å². The van der Waals surface area contributed by atoms with Gasteiger partial charge < -0.3 is 5.32 Å². The lowest BCUT2D eigenvalue weighted by Crippen LogP contribution is -2.28. The van der Waals surface area contributed by atoms with E-state index >= 15 is 0 Å². The highest BCUT2D eigenvalue weighted by Crippen LogP contribution is 2.20. The van der Waals surface area contributed by atoms with Crippen LogP contribution in [0.25, 0.3) is 6.08 Å². The summed E-state index contributed by atoms with van der Waals surface area (Å²) in [5.41, 5.74) is 1.13. The first-order chi connectivity index (χ1) is 6.93. The van der Waals surface area contributed by atoms with Crippen LogP contribution < -0.4 is 5.32 Å². The highest BCUT2D eigenvalue weighted by molar-refractivity contribution is 7.82. The molecule has 0 aliphatic rings. The fourth-order valence-electron chi connectivity index (χ4n) is 0.909. The first kappa shape index (κ1) is 11.7. The molecule has 0 aliphatic heterocycles. The summed E-state index contributed by atoms with van der Waals surface area (Å²) in [6, 6.07) is 6.32. The van der Waals surface area contributed by atoms with Crippen molar-refractivity contribution in [1.82, 2.24) is 0 Å². The Morgan fingerprint density at radius 2 is 1.93 bits per heavy atom. The molecule has 0 bridgehead atoms. The zero-order chi connectivity index (χ0) is 11.5. The number of benzene rings is 1. The van der Waals surface area contributed by atoms with Crippen LogP contribution in [0.4, 0.5) is 14.5 Å². The van der Waals surface area contributed by atoms with E-state index in [-0.39, 0.29) is 0 Å². The van der Waals surface area contributed by atoms with Crippen molar-refractivity contribution in [2.24, 2.45) is 0 Å². The number of anilines is 1. The summed E-state index contributed by atoms with van der Waals surface area (Å²) in [5.74, 6) is -1.45. The molecule has 0 saturated heterocycles. The van der Waals surface area contributed by atoms with Gasteiger partial charge in [-0.3, -0.25) is 4.79 Å². The molecule has 1 rings (SSSR count). The molecule has 0 spiro atoms. The molecule has 0 aromatic heterocycles. The quantitative estimate of drug-likeness (QED) is 0.767. The Balaban J connectivity index is 2.74. The Hall–Kier alpha value is -1.36. The van der Waals surface area contributed by atoms with Crippen LogP contribution >= 0.6 is 12.6 Å². The third kappa shape index (κ3) is 3.36. The van der Waals surface area contributed by atoms with Gasteiger partial charge in [0.2, 0.25) is 0 Å². The highest BCUT2D eigenvalue weighted by Gasteiger charge is 2.33. The molecule has 2 nitrogen and oxygen atoms in total. The molecular weight excluding hydrogens is 220 g/mol. The molecule has 0 fully saturated rings. The molecule has 15 heavy (non-hydrogen) atoms. The molecular formula is C10H9F2NOS. The number of thiol groups is 1. The number of halogens is 2. The van der Waals surface area contributed by atoms with Crippen molar-refractivity contribution in [3.05, 3.63) is 36.4 Å². The third-order valence-corrected chi connectivity index (χ3v) is 1.88. The molecule has 1 N–H and O–H groups in total. The van der Waals surface area contributed by atoms with Crippen molar-refractivity contribution < 1.29 is 13.6 Å². The predicted octanol–water partition coefficient (Wildman–Crippen LogP) is 2.79. The van der Waals surface area contributed by atoms with Crippen molar-refractivity contribution in [3.63, 3.8) is 0 Å². The van der Waals surface area contributed by atoms with Gasteiger partial charge in [-0.2, -0.15) is 8.78 Å². The third-order valence-electron chi connectivity index (χ3n) is 1.68. The largest absolute Gasteiger partial charge is 0.368 e. The summed E-state index contributed by atoms with van der Waals surface area (Å²) in [5, 5.41) is -1.64. The van der Waals surface area contributed by atoms with Crippen LogP contribution in [-0.4, -0.2) is 11.2 Å². The average molecular weight is 229 g/mol. The number of carbonyl (C=O) groups is 1. The molecule has 80 valence electrons. The maximum Gasteiger partial charge on any atom is 0.368 e. The lowest BCUT2D eigenvalue weighted by molar-refractivity contribution is -0.129. The number of hydrogen-bond donors (Lipinski definition) is 2. The van der Waals surface area contributed by atoms with E-state index in [1.165, 1.54) is 12.1 Å². The van der Waals surface area contributed by atoms with E-state index in [4.69, 9.17) is 0 Å². The Morgan fingerprint density at radius 1 is 1.40 bits per heavy atom. The van der Waals surface area contributed by atoms with Crippen LogP contribution in [0.15, 0.2) is 30.8 Å². The van der Waals surface area contributed by atoms with Crippen molar-refractivity contribution in [1.29, 1.82) is 0 Å². The van der Waals surface area contributed by atoms with Crippen molar-refractivity contribution >= 4 is 30.3 Å². The summed E-state index contributed by atoms with van der Waals surface area (Å²) in [6.07, 6.45) is 1.61. The van der Waals surface area contributed by atoms with Crippen molar-refractivity contribution in [2.45, 2.75) is 5.25 Å². The maximum absolute atomic E-state index is 12.4. The molecule has 1 aromatic carbocycles. The van der Waals surface area contributed by atoms with E-state index in [9.17, 15) is 13.6 Å². The van der Waals surface area contributed by atoms with Gasteiger partial charge in [-0.25, -0.2) is 0 Å². The Morgan fingerprint density at radius 3 is 2.33 bits per heavy atom. The topological polar surface area (TPSA) is 29.1 Å². The normalized spacial score (nSPS) is 10.9. The van der Waals surface area contributed by atoms with Crippen LogP contribution in [0.5, 0.6) is 0 Å². The van der Waals surface area contributed by atoms with Gasteiger partial charge in [0.25, 0.3) is 0 Å². The molecule has 1 aromatic rings. The molecule has 0 radical (unpaired) electrons. The van der Waals surface area contributed by atoms with Crippen LogP contribution in [0.2, 0.25) is 0 Å². The zero-order valence-corrected chi connectivity index (χ0v) is 8.60. The van der Waals surface area contributed by atoms with Crippen LogP contribution in [-0.2, 0) is 4.79 Å². The first-order valence-corrected chi connectivity index (χ1v) is 4.52. The lowest BCUT2D eigenvalue weighted by Gasteiger charge is -2.09. The summed E-state index contributed by atoms with van der Waals surface area (Å²) in [4.78, 5) is 10.8. The predicted molar refractivity (Wildman–Crippen MR) is 59.1 cm³/mol. The second-order valence-electron chi connectivity index (χ2n) is 2.82. The molecule has 0 atom stereocenters. The Bertz CT molecular complexity index is 370. The van der Waals surface area contributed by atoms with Crippen molar-refractivity contribution in [3.8, 4) is 0 Å². The Labute approximate surface area is 91.4 Å². The van der Waals surface area contributed by atoms with Crippen LogP contribution in [0.1, 0.15) is 5.56 Å².